The van der Waals surface area contributed by atoms with Crippen molar-refractivity contribution in [1.29, 1.82) is 0 Å². The van der Waals surface area contributed by atoms with E-state index in [1.54, 1.807) is 0 Å². The predicted octanol–water partition coefficient (Wildman–Crippen LogP) is 2.49. The van der Waals surface area contributed by atoms with Crippen LogP contribution in [0.25, 0.3) is 22.4 Å². The van der Waals surface area contributed by atoms with Crippen LogP contribution in [-0.2, 0) is 6.42 Å². The zero-order valence-corrected chi connectivity index (χ0v) is 13.8. The first-order chi connectivity index (χ1) is 10.6. The second-order valence-corrected chi connectivity index (χ2v) is 6.06. The molecular formula is C15H15BrN4O2. The average Bonchev–Trinajstić information content (AvgIpc) is 2.95. The van der Waals surface area contributed by atoms with Crippen LogP contribution in [0.3, 0.4) is 0 Å². The summed E-state index contributed by atoms with van der Waals surface area (Å²) in [5.41, 5.74) is 1.16. The van der Waals surface area contributed by atoms with Crippen molar-refractivity contribution in [2.75, 3.05) is 7.05 Å². The molecule has 0 radical (unpaired) electrons. The molecule has 0 aliphatic carbocycles. The SMILES string of the molecule is CNC(C)Cc1noc(-c2cc(=O)[nH]c3ccc(Br)cc23)n1. The number of H-pyrrole nitrogens is 1. The van der Waals surface area contributed by atoms with Gasteiger partial charge in [-0.05, 0) is 32.2 Å². The molecule has 3 aromatic rings. The number of likely N-dealkylation sites (N-methyl/N-ethyl adjacent to an activating group) is 1. The van der Waals surface area contributed by atoms with E-state index in [2.05, 4.69) is 36.4 Å². The molecule has 2 heterocycles. The molecule has 0 fully saturated rings. The average molecular weight is 363 g/mol. The minimum Gasteiger partial charge on any atom is -0.334 e. The van der Waals surface area contributed by atoms with E-state index < -0.39 is 0 Å². The second-order valence-electron chi connectivity index (χ2n) is 5.15. The fraction of sp³-hybridized carbons (Fsp3) is 0.267. The molecule has 0 saturated heterocycles. The van der Waals surface area contributed by atoms with E-state index in [1.807, 2.05) is 32.2 Å². The Balaban J connectivity index is 2.10. The molecule has 0 amide bonds. The third-order valence-corrected chi connectivity index (χ3v) is 3.98. The van der Waals surface area contributed by atoms with Crippen molar-refractivity contribution in [2.45, 2.75) is 19.4 Å². The maximum Gasteiger partial charge on any atom is 0.258 e. The van der Waals surface area contributed by atoms with Crippen molar-refractivity contribution in [2.24, 2.45) is 0 Å². The normalized spacial score (nSPS) is 12.7. The highest BCUT2D eigenvalue weighted by Crippen LogP contribution is 2.27. The van der Waals surface area contributed by atoms with Gasteiger partial charge in [0.2, 0.25) is 5.56 Å². The summed E-state index contributed by atoms with van der Waals surface area (Å²) in [5, 5.41) is 7.97. The number of nitrogens with zero attached hydrogens (tertiary/aromatic N) is 2. The number of halogens is 1. The van der Waals surface area contributed by atoms with Crippen molar-refractivity contribution in [3.8, 4) is 11.5 Å². The van der Waals surface area contributed by atoms with Crippen LogP contribution in [0.15, 0.2) is 38.1 Å². The molecule has 7 heteroatoms. The quantitative estimate of drug-likeness (QED) is 0.744. The topological polar surface area (TPSA) is 83.8 Å². The molecule has 3 rings (SSSR count). The number of rotatable bonds is 4. The van der Waals surface area contributed by atoms with Gasteiger partial charge in [0.05, 0.1) is 5.56 Å². The third kappa shape index (κ3) is 2.95. The van der Waals surface area contributed by atoms with Crippen LogP contribution < -0.4 is 10.9 Å². The van der Waals surface area contributed by atoms with Gasteiger partial charge in [0.25, 0.3) is 5.89 Å². The van der Waals surface area contributed by atoms with Gasteiger partial charge in [-0.15, -0.1) is 0 Å². The summed E-state index contributed by atoms with van der Waals surface area (Å²) < 4.78 is 6.26. The van der Waals surface area contributed by atoms with Gasteiger partial charge >= 0.3 is 0 Å². The molecule has 0 spiro atoms. The molecule has 0 aliphatic heterocycles. The van der Waals surface area contributed by atoms with Crippen LogP contribution >= 0.6 is 15.9 Å². The number of pyridine rings is 1. The van der Waals surface area contributed by atoms with Gasteiger partial charge in [-0.3, -0.25) is 4.79 Å². The van der Waals surface area contributed by atoms with Gasteiger partial charge in [0, 0.05) is 33.9 Å². The Morgan fingerprint density at radius 3 is 3.00 bits per heavy atom. The summed E-state index contributed by atoms with van der Waals surface area (Å²) in [4.78, 5) is 19.0. The fourth-order valence-corrected chi connectivity index (χ4v) is 2.59. The van der Waals surface area contributed by atoms with Crippen LogP contribution in [0.5, 0.6) is 0 Å². The molecule has 2 N–H and O–H groups in total. The minimum atomic E-state index is -0.201. The van der Waals surface area contributed by atoms with E-state index in [1.165, 1.54) is 6.07 Å². The molecule has 114 valence electrons. The highest BCUT2D eigenvalue weighted by Gasteiger charge is 2.15. The molecule has 1 atom stereocenters. The first-order valence-electron chi connectivity index (χ1n) is 6.89. The highest BCUT2D eigenvalue weighted by atomic mass is 79.9. The molecule has 0 aliphatic rings. The first kappa shape index (κ1) is 14.9. The van der Waals surface area contributed by atoms with Crippen LogP contribution in [0.1, 0.15) is 12.7 Å². The smallest absolute Gasteiger partial charge is 0.258 e. The first-order valence-corrected chi connectivity index (χ1v) is 7.69. The number of hydrogen-bond acceptors (Lipinski definition) is 5. The van der Waals surface area contributed by atoms with E-state index >= 15 is 0 Å². The summed E-state index contributed by atoms with van der Waals surface area (Å²) in [6.45, 7) is 2.04. The maximum absolute atomic E-state index is 11.8. The van der Waals surface area contributed by atoms with Crippen LogP contribution in [0.4, 0.5) is 0 Å². The lowest BCUT2D eigenvalue weighted by molar-refractivity contribution is 0.418. The van der Waals surface area contributed by atoms with Gasteiger partial charge in [-0.25, -0.2) is 0 Å². The van der Waals surface area contributed by atoms with Crippen molar-refractivity contribution in [3.05, 3.63) is 44.9 Å². The Kier molecular flexibility index (Phi) is 4.08. The monoisotopic (exact) mass is 362 g/mol. The Labute approximate surface area is 135 Å². The number of benzene rings is 1. The van der Waals surface area contributed by atoms with Crippen LogP contribution in [-0.4, -0.2) is 28.2 Å². The van der Waals surface area contributed by atoms with Gasteiger partial charge in [0.15, 0.2) is 5.82 Å². The van der Waals surface area contributed by atoms with Gasteiger partial charge in [-0.1, -0.05) is 21.1 Å². The second kappa shape index (κ2) is 6.02. The molecule has 6 nitrogen and oxygen atoms in total. The zero-order valence-electron chi connectivity index (χ0n) is 12.2. The number of aromatic nitrogens is 3. The molecule has 2 aromatic heterocycles. The van der Waals surface area contributed by atoms with Crippen LogP contribution in [0, 0.1) is 0 Å². The van der Waals surface area contributed by atoms with E-state index in [9.17, 15) is 4.79 Å². The summed E-state index contributed by atoms with van der Waals surface area (Å²) in [7, 11) is 1.88. The van der Waals surface area contributed by atoms with Crippen molar-refractivity contribution in [3.63, 3.8) is 0 Å². The van der Waals surface area contributed by atoms with Gasteiger partial charge in [0.1, 0.15) is 0 Å². The standard InChI is InChI=1S/C15H15BrN4O2/c1-8(17-2)5-13-19-15(22-20-13)11-7-14(21)18-12-4-3-9(16)6-10(11)12/h3-4,6-8,17H,5H2,1-2H3,(H,18,21). The van der Waals surface area contributed by atoms with Gasteiger partial charge in [-0.2, -0.15) is 4.98 Å². The lowest BCUT2D eigenvalue weighted by Gasteiger charge is -2.05. The largest absolute Gasteiger partial charge is 0.334 e. The molecule has 0 bridgehead atoms. The number of aromatic amines is 1. The number of hydrogen-bond donors (Lipinski definition) is 2. The molecule has 0 saturated carbocycles. The number of nitrogens with one attached hydrogen (secondary N) is 2. The van der Waals surface area contributed by atoms with E-state index in [0.717, 1.165) is 15.4 Å². The molecule has 1 unspecified atom stereocenters. The highest BCUT2D eigenvalue weighted by molar-refractivity contribution is 9.10. The number of fused-ring (bicyclic) bond motifs is 1. The maximum atomic E-state index is 11.8. The zero-order chi connectivity index (χ0) is 15.7. The molecule has 22 heavy (non-hydrogen) atoms. The Morgan fingerprint density at radius 1 is 1.41 bits per heavy atom. The Morgan fingerprint density at radius 2 is 2.23 bits per heavy atom. The van der Waals surface area contributed by atoms with E-state index in [0.29, 0.717) is 23.7 Å². The summed E-state index contributed by atoms with van der Waals surface area (Å²) in [6.07, 6.45) is 0.658. The van der Waals surface area contributed by atoms with Crippen molar-refractivity contribution < 1.29 is 4.52 Å². The van der Waals surface area contributed by atoms with E-state index in [4.69, 9.17) is 4.52 Å². The van der Waals surface area contributed by atoms with Crippen molar-refractivity contribution in [1.82, 2.24) is 20.4 Å². The van der Waals surface area contributed by atoms with Crippen LogP contribution in [0.2, 0.25) is 0 Å². The Bertz CT molecular complexity index is 871. The summed E-state index contributed by atoms with van der Waals surface area (Å²) in [5.74, 6) is 0.966. The molecular weight excluding hydrogens is 348 g/mol. The lowest BCUT2D eigenvalue weighted by atomic mass is 10.1. The van der Waals surface area contributed by atoms with Gasteiger partial charge < -0.3 is 14.8 Å². The third-order valence-electron chi connectivity index (χ3n) is 3.49. The predicted molar refractivity (Wildman–Crippen MR) is 87.8 cm³/mol. The van der Waals surface area contributed by atoms with E-state index in [-0.39, 0.29) is 11.6 Å². The summed E-state index contributed by atoms with van der Waals surface area (Å²) in [6, 6.07) is 7.35. The fourth-order valence-electron chi connectivity index (χ4n) is 2.23. The minimum absolute atomic E-state index is 0.201. The van der Waals surface area contributed by atoms with Crippen molar-refractivity contribution >= 4 is 26.8 Å². The lowest BCUT2D eigenvalue weighted by Crippen LogP contribution is -2.24. The Hall–Kier alpha value is -1.99. The molecule has 1 aromatic carbocycles. The summed E-state index contributed by atoms with van der Waals surface area (Å²) >= 11 is 3.44.